The van der Waals surface area contributed by atoms with Crippen molar-refractivity contribution in [2.75, 3.05) is 37.0 Å². The molecule has 1 aromatic carbocycles. The smallest absolute Gasteiger partial charge is 0.251 e. The second-order valence-electron chi connectivity index (χ2n) is 7.12. The van der Waals surface area contributed by atoms with Crippen molar-refractivity contribution in [3.63, 3.8) is 0 Å². The van der Waals surface area contributed by atoms with Crippen LogP contribution in [0.5, 0.6) is 0 Å². The Hall–Kier alpha value is -3.49. The van der Waals surface area contributed by atoms with Crippen LogP contribution in [0.3, 0.4) is 0 Å². The van der Waals surface area contributed by atoms with E-state index in [0.717, 1.165) is 31.6 Å². The Labute approximate surface area is 169 Å². The van der Waals surface area contributed by atoms with Gasteiger partial charge in [-0.15, -0.1) is 0 Å². The lowest BCUT2D eigenvalue weighted by Gasteiger charge is -2.19. The van der Waals surface area contributed by atoms with Gasteiger partial charge in [0.2, 0.25) is 11.9 Å². The maximum atomic E-state index is 12.7. The molecule has 0 unspecified atom stereocenters. The molecule has 2 aromatic heterocycles. The second kappa shape index (κ2) is 8.26. The molecule has 1 aliphatic heterocycles. The fraction of sp³-hybridized carbons (Fsp3) is 0.350. The number of carbonyl (C=O) groups excluding carboxylic acids is 1. The molecule has 1 N–H and O–H groups in total. The largest absolute Gasteiger partial charge is 0.347 e. The van der Waals surface area contributed by atoms with E-state index in [9.17, 15) is 4.79 Å². The summed E-state index contributed by atoms with van der Waals surface area (Å²) in [7, 11) is 3.79. The number of nitrogens with one attached hydrogen (secondary N) is 1. The van der Waals surface area contributed by atoms with E-state index in [1.54, 1.807) is 23.0 Å². The van der Waals surface area contributed by atoms with E-state index in [-0.39, 0.29) is 12.5 Å². The zero-order valence-corrected chi connectivity index (χ0v) is 16.6. The van der Waals surface area contributed by atoms with Crippen LogP contribution in [0.2, 0.25) is 0 Å². The molecule has 1 amide bonds. The highest BCUT2D eigenvalue weighted by Gasteiger charge is 2.18. The van der Waals surface area contributed by atoms with E-state index in [4.69, 9.17) is 0 Å². The van der Waals surface area contributed by atoms with Crippen molar-refractivity contribution >= 4 is 17.8 Å². The van der Waals surface area contributed by atoms with Gasteiger partial charge in [0.05, 0.1) is 12.2 Å². The van der Waals surface area contributed by atoms with Gasteiger partial charge >= 0.3 is 0 Å². The quantitative estimate of drug-likeness (QED) is 0.682. The molecule has 0 atom stereocenters. The van der Waals surface area contributed by atoms with Gasteiger partial charge in [-0.2, -0.15) is 20.1 Å². The molecule has 0 saturated carbocycles. The van der Waals surface area contributed by atoms with Gasteiger partial charge in [0.1, 0.15) is 0 Å². The van der Waals surface area contributed by atoms with E-state index in [1.165, 1.54) is 0 Å². The summed E-state index contributed by atoms with van der Waals surface area (Å²) in [5, 5.41) is 7.12. The zero-order valence-electron chi connectivity index (χ0n) is 16.6. The fourth-order valence-electron chi connectivity index (χ4n) is 3.21. The Bertz CT molecular complexity index is 980. The van der Waals surface area contributed by atoms with Crippen molar-refractivity contribution in [2.45, 2.75) is 19.4 Å². The van der Waals surface area contributed by atoms with E-state index in [2.05, 4.69) is 30.3 Å². The molecule has 0 aliphatic carbocycles. The van der Waals surface area contributed by atoms with Gasteiger partial charge in [0.15, 0.2) is 5.82 Å². The zero-order chi connectivity index (χ0) is 20.2. The van der Waals surface area contributed by atoms with Gasteiger partial charge in [-0.25, -0.2) is 4.68 Å². The SMILES string of the molecule is CN(C)c1nc(CNC(=O)c2cccc(-n3cccn3)c2)nc(N2CCCC2)n1. The first-order chi connectivity index (χ1) is 14.1. The Morgan fingerprint density at radius 2 is 1.97 bits per heavy atom. The topological polar surface area (TPSA) is 92.1 Å². The van der Waals surface area contributed by atoms with Crippen LogP contribution >= 0.6 is 0 Å². The number of aromatic nitrogens is 5. The van der Waals surface area contributed by atoms with Crippen LogP contribution < -0.4 is 15.1 Å². The van der Waals surface area contributed by atoms with E-state index in [0.29, 0.717) is 23.3 Å². The Balaban J connectivity index is 1.49. The second-order valence-corrected chi connectivity index (χ2v) is 7.12. The van der Waals surface area contributed by atoms with Crippen LogP contribution in [0.4, 0.5) is 11.9 Å². The number of hydrogen-bond acceptors (Lipinski definition) is 7. The molecule has 0 bridgehead atoms. The van der Waals surface area contributed by atoms with Crippen LogP contribution in [0.25, 0.3) is 5.69 Å². The molecule has 3 heterocycles. The molecule has 1 saturated heterocycles. The summed E-state index contributed by atoms with van der Waals surface area (Å²) in [6.45, 7) is 2.13. The van der Waals surface area contributed by atoms with Crippen molar-refractivity contribution in [3.8, 4) is 5.69 Å². The van der Waals surface area contributed by atoms with Gasteiger partial charge in [-0.05, 0) is 37.1 Å². The lowest BCUT2D eigenvalue weighted by Crippen LogP contribution is -2.27. The molecule has 9 heteroatoms. The minimum Gasteiger partial charge on any atom is -0.347 e. The number of benzene rings is 1. The molecule has 0 spiro atoms. The Morgan fingerprint density at radius 1 is 1.14 bits per heavy atom. The summed E-state index contributed by atoms with van der Waals surface area (Å²) in [6, 6.07) is 9.16. The molecule has 3 aromatic rings. The van der Waals surface area contributed by atoms with Crippen molar-refractivity contribution in [1.29, 1.82) is 0 Å². The molecule has 0 radical (unpaired) electrons. The summed E-state index contributed by atoms with van der Waals surface area (Å²) in [5.74, 6) is 1.62. The molecular weight excluding hydrogens is 368 g/mol. The van der Waals surface area contributed by atoms with E-state index in [1.807, 2.05) is 43.4 Å². The van der Waals surface area contributed by atoms with Crippen molar-refractivity contribution in [2.24, 2.45) is 0 Å². The third kappa shape index (κ3) is 4.34. The van der Waals surface area contributed by atoms with Crippen LogP contribution in [-0.4, -0.2) is 57.8 Å². The summed E-state index contributed by atoms with van der Waals surface area (Å²) in [5.41, 5.74) is 1.38. The summed E-state index contributed by atoms with van der Waals surface area (Å²) in [4.78, 5) is 30.3. The average molecular weight is 392 g/mol. The molecule has 4 rings (SSSR count). The molecule has 150 valence electrons. The van der Waals surface area contributed by atoms with Crippen molar-refractivity contribution < 1.29 is 4.79 Å². The predicted octanol–water partition coefficient (Wildman–Crippen LogP) is 1.65. The maximum Gasteiger partial charge on any atom is 0.251 e. The number of carbonyl (C=O) groups is 1. The minimum atomic E-state index is -0.187. The van der Waals surface area contributed by atoms with Crippen molar-refractivity contribution in [3.05, 3.63) is 54.1 Å². The summed E-state index contributed by atoms with van der Waals surface area (Å²) < 4.78 is 1.72. The lowest BCUT2D eigenvalue weighted by molar-refractivity contribution is 0.0950. The lowest BCUT2D eigenvalue weighted by atomic mass is 10.2. The number of rotatable bonds is 6. The van der Waals surface area contributed by atoms with Crippen LogP contribution in [0, 0.1) is 0 Å². The highest BCUT2D eigenvalue weighted by atomic mass is 16.1. The minimum absolute atomic E-state index is 0.187. The first-order valence-corrected chi connectivity index (χ1v) is 9.66. The monoisotopic (exact) mass is 392 g/mol. The summed E-state index contributed by atoms with van der Waals surface area (Å²) in [6.07, 6.45) is 5.82. The van der Waals surface area contributed by atoms with Gasteiger partial charge < -0.3 is 15.1 Å². The molecular formula is C20H24N8O. The number of nitrogens with zero attached hydrogens (tertiary/aromatic N) is 7. The Morgan fingerprint density at radius 3 is 2.69 bits per heavy atom. The molecule has 9 nitrogen and oxygen atoms in total. The normalized spacial score (nSPS) is 13.5. The predicted molar refractivity (Wildman–Crippen MR) is 110 cm³/mol. The van der Waals surface area contributed by atoms with Crippen LogP contribution in [0.1, 0.15) is 29.0 Å². The van der Waals surface area contributed by atoms with Crippen molar-refractivity contribution in [1.82, 2.24) is 30.0 Å². The first kappa shape index (κ1) is 18.9. The summed E-state index contributed by atoms with van der Waals surface area (Å²) >= 11 is 0. The highest BCUT2D eigenvalue weighted by Crippen LogP contribution is 2.18. The third-order valence-electron chi connectivity index (χ3n) is 4.73. The van der Waals surface area contributed by atoms with Gasteiger partial charge in [0, 0.05) is 45.1 Å². The highest BCUT2D eigenvalue weighted by molar-refractivity contribution is 5.94. The van der Waals surface area contributed by atoms with Crippen LogP contribution in [0.15, 0.2) is 42.7 Å². The van der Waals surface area contributed by atoms with Crippen LogP contribution in [-0.2, 0) is 6.54 Å². The first-order valence-electron chi connectivity index (χ1n) is 9.66. The fourth-order valence-corrected chi connectivity index (χ4v) is 3.21. The number of hydrogen-bond donors (Lipinski definition) is 1. The van der Waals surface area contributed by atoms with Gasteiger partial charge in [0.25, 0.3) is 5.91 Å². The molecule has 1 aliphatic rings. The Kier molecular flexibility index (Phi) is 5.37. The molecule has 1 fully saturated rings. The van der Waals surface area contributed by atoms with E-state index < -0.39 is 0 Å². The van der Waals surface area contributed by atoms with Gasteiger partial charge in [-0.1, -0.05) is 6.07 Å². The number of amides is 1. The van der Waals surface area contributed by atoms with Gasteiger partial charge in [-0.3, -0.25) is 4.79 Å². The number of anilines is 2. The van der Waals surface area contributed by atoms with E-state index >= 15 is 0 Å². The third-order valence-corrected chi connectivity index (χ3v) is 4.73. The average Bonchev–Trinajstić information content (AvgIpc) is 3.46. The maximum absolute atomic E-state index is 12.7. The molecule has 29 heavy (non-hydrogen) atoms. The standard InChI is InChI=1S/C20H24N8O/c1-26(2)19-23-17(24-20(25-19)27-10-3-4-11-27)14-21-18(29)15-7-5-8-16(13-15)28-12-6-9-22-28/h5-9,12-13H,3-4,10-11,14H2,1-2H3,(H,21,29).